The first-order valence-corrected chi connectivity index (χ1v) is 11.7. The Morgan fingerprint density at radius 2 is 1.86 bits per heavy atom. The van der Waals surface area contributed by atoms with E-state index in [9.17, 15) is 13.2 Å². The molecule has 1 aliphatic heterocycles. The minimum Gasteiger partial charge on any atom is -0.350 e. The van der Waals surface area contributed by atoms with Gasteiger partial charge in [-0.25, -0.2) is 8.42 Å². The predicted molar refractivity (Wildman–Crippen MR) is 112 cm³/mol. The van der Waals surface area contributed by atoms with Gasteiger partial charge in [0.15, 0.2) is 9.84 Å². The maximum atomic E-state index is 12.7. The number of carbonyl (C=O) groups excluding carboxylic acids is 1. The number of carbonyl (C=O) groups is 1. The van der Waals surface area contributed by atoms with Gasteiger partial charge in [-0.05, 0) is 61.8 Å². The van der Waals surface area contributed by atoms with Crippen LogP contribution in [-0.4, -0.2) is 45.1 Å². The summed E-state index contributed by atoms with van der Waals surface area (Å²) in [7, 11) is -3.43. The van der Waals surface area contributed by atoms with Gasteiger partial charge in [-0.1, -0.05) is 35.3 Å². The molecule has 0 aromatic heterocycles. The fourth-order valence-corrected chi connectivity index (χ4v) is 4.47. The molecule has 1 heterocycles. The van der Waals surface area contributed by atoms with Gasteiger partial charge < -0.3 is 5.32 Å². The molecular weight excluding hydrogens is 419 g/mol. The van der Waals surface area contributed by atoms with Gasteiger partial charge in [0.25, 0.3) is 5.91 Å². The van der Waals surface area contributed by atoms with Gasteiger partial charge in [0, 0.05) is 17.8 Å². The topological polar surface area (TPSA) is 66.5 Å². The van der Waals surface area contributed by atoms with E-state index in [2.05, 4.69) is 10.2 Å². The number of amides is 1. The van der Waals surface area contributed by atoms with Crippen molar-refractivity contribution in [1.82, 2.24) is 10.2 Å². The van der Waals surface area contributed by atoms with Crippen LogP contribution in [0, 0.1) is 0 Å². The maximum absolute atomic E-state index is 12.7. The molecule has 1 saturated heterocycles. The Morgan fingerprint density at radius 3 is 2.50 bits per heavy atom. The van der Waals surface area contributed by atoms with Crippen molar-refractivity contribution in [3.63, 3.8) is 0 Å². The van der Waals surface area contributed by atoms with Gasteiger partial charge in [-0.2, -0.15) is 0 Å². The first-order valence-electron chi connectivity index (χ1n) is 9.03. The number of likely N-dealkylation sites (tertiary alicyclic amines) is 1. The van der Waals surface area contributed by atoms with Crippen molar-refractivity contribution >= 4 is 38.9 Å². The van der Waals surface area contributed by atoms with Gasteiger partial charge in [-0.3, -0.25) is 9.69 Å². The fourth-order valence-electron chi connectivity index (χ4n) is 3.42. The van der Waals surface area contributed by atoms with Crippen molar-refractivity contribution in [3.8, 4) is 0 Å². The van der Waals surface area contributed by atoms with Crippen LogP contribution in [0.2, 0.25) is 10.0 Å². The van der Waals surface area contributed by atoms with E-state index in [0.717, 1.165) is 37.8 Å². The van der Waals surface area contributed by atoms with Crippen molar-refractivity contribution in [2.24, 2.45) is 0 Å². The highest BCUT2D eigenvalue weighted by Gasteiger charge is 2.25. The predicted octanol–water partition coefficient (Wildman–Crippen LogP) is 3.96. The first kappa shape index (κ1) is 21.1. The van der Waals surface area contributed by atoms with Crippen molar-refractivity contribution < 1.29 is 13.2 Å². The molecule has 5 nitrogen and oxygen atoms in total. The molecular formula is C20H22Cl2N2O3S. The van der Waals surface area contributed by atoms with Crippen LogP contribution in [-0.2, 0) is 9.84 Å². The number of hydrogen-bond donors (Lipinski definition) is 1. The number of hydrogen-bond acceptors (Lipinski definition) is 4. The Morgan fingerprint density at radius 1 is 1.14 bits per heavy atom. The molecule has 1 amide bonds. The number of benzene rings is 2. The summed E-state index contributed by atoms with van der Waals surface area (Å²) in [6.07, 6.45) is 3.33. The summed E-state index contributed by atoms with van der Waals surface area (Å²) in [6, 6.07) is 11.8. The third-order valence-corrected chi connectivity index (χ3v) is 6.56. The average Bonchev–Trinajstić information content (AvgIpc) is 3.15. The van der Waals surface area contributed by atoms with Crippen LogP contribution in [0.25, 0.3) is 0 Å². The molecule has 2 aromatic carbocycles. The van der Waals surface area contributed by atoms with Crippen LogP contribution in [0.3, 0.4) is 0 Å². The number of rotatable bonds is 6. The standard InChI is InChI=1S/C20H22Cl2N2O3S/c1-28(26,27)16-7-8-18(22)17(12-16)20(25)23-13-19(24-9-2-3-10-24)14-5-4-6-15(21)11-14/h4-8,11-12,19H,2-3,9-10,13H2,1H3,(H,23,25). The zero-order valence-corrected chi connectivity index (χ0v) is 17.8. The monoisotopic (exact) mass is 440 g/mol. The largest absolute Gasteiger partial charge is 0.350 e. The SMILES string of the molecule is CS(=O)(=O)c1ccc(Cl)c(C(=O)NCC(c2cccc(Cl)c2)N2CCCC2)c1. The van der Waals surface area contributed by atoms with Crippen LogP contribution in [0.15, 0.2) is 47.4 Å². The zero-order chi connectivity index (χ0) is 20.3. The second kappa shape index (κ2) is 8.82. The Balaban J connectivity index is 1.81. The van der Waals surface area contributed by atoms with Crippen LogP contribution in [0.4, 0.5) is 0 Å². The molecule has 0 aliphatic carbocycles. The first-order chi connectivity index (χ1) is 13.3. The quantitative estimate of drug-likeness (QED) is 0.737. The van der Waals surface area contributed by atoms with Crippen LogP contribution in [0.1, 0.15) is 34.8 Å². The molecule has 1 unspecified atom stereocenters. The average molecular weight is 441 g/mol. The minimum absolute atomic E-state index is 0.0120. The van der Waals surface area contributed by atoms with E-state index in [1.807, 2.05) is 24.3 Å². The number of nitrogens with one attached hydrogen (secondary N) is 1. The highest BCUT2D eigenvalue weighted by molar-refractivity contribution is 7.90. The van der Waals surface area contributed by atoms with E-state index in [1.54, 1.807) is 0 Å². The highest BCUT2D eigenvalue weighted by Crippen LogP contribution is 2.27. The molecule has 28 heavy (non-hydrogen) atoms. The number of nitrogens with zero attached hydrogens (tertiary/aromatic N) is 1. The summed E-state index contributed by atoms with van der Waals surface area (Å²) in [4.78, 5) is 15.1. The summed E-state index contributed by atoms with van der Waals surface area (Å²) < 4.78 is 23.6. The van der Waals surface area contributed by atoms with Crippen molar-refractivity contribution in [2.75, 3.05) is 25.9 Å². The van der Waals surface area contributed by atoms with Gasteiger partial charge in [0.05, 0.1) is 21.5 Å². The highest BCUT2D eigenvalue weighted by atomic mass is 35.5. The summed E-state index contributed by atoms with van der Waals surface area (Å²) in [5.41, 5.74) is 1.18. The number of sulfone groups is 1. The Bertz CT molecular complexity index is 973. The summed E-state index contributed by atoms with van der Waals surface area (Å²) in [6.45, 7) is 2.29. The minimum atomic E-state index is -3.43. The van der Waals surface area contributed by atoms with E-state index in [0.29, 0.717) is 11.6 Å². The Kier molecular flexibility index (Phi) is 6.65. The van der Waals surface area contributed by atoms with Crippen LogP contribution < -0.4 is 5.32 Å². The van der Waals surface area contributed by atoms with E-state index in [4.69, 9.17) is 23.2 Å². The number of halogens is 2. The molecule has 150 valence electrons. The summed E-state index contributed by atoms with van der Waals surface area (Å²) >= 11 is 12.3. The molecule has 3 rings (SSSR count). The molecule has 0 spiro atoms. The molecule has 1 fully saturated rings. The summed E-state index contributed by atoms with van der Waals surface area (Å²) in [5, 5.41) is 3.77. The summed E-state index contributed by atoms with van der Waals surface area (Å²) in [5.74, 6) is -0.401. The third kappa shape index (κ3) is 5.06. The Hall–Kier alpha value is -1.60. The molecule has 0 radical (unpaired) electrons. The van der Waals surface area contributed by atoms with E-state index in [-0.39, 0.29) is 21.5 Å². The van der Waals surface area contributed by atoms with Gasteiger partial charge in [-0.15, -0.1) is 0 Å². The smallest absolute Gasteiger partial charge is 0.252 e. The lowest BCUT2D eigenvalue weighted by Gasteiger charge is -2.28. The van der Waals surface area contributed by atoms with Crippen molar-refractivity contribution in [1.29, 1.82) is 0 Å². The molecule has 0 bridgehead atoms. The second-order valence-corrected chi connectivity index (χ2v) is 9.80. The lowest BCUT2D eigenvalue weighted by molar-refractivity contribution is 0.0938. The normalized spacial score (nSPS) is 16.1. The van der Waals surface area contributed by atoms with Crippen LogP contribution >= 0.6 is 23.2 Å². The maximum Gasteiger partial charge on any atom is 0.252 e. The molecule has 1 aliphatic rings. The van der Waals surface area contributed by atoms with Crippen molar-refractivity contribution in [3.05, 3.63) is 63.6 Å². The third-order valence-electron chi connectivity index (χ3n) is 4.88. The molecule has 1 N–H and O–H groups in total. The van der Waals surface area contributed by atoms with E-state index >= 15 is 0 Å². The second-order valence-electron chi connectivity index (χ2n) is 6.94. The van der Waals surface area contributed by atoms with Gasteiger partial charge in [0.1, 0.15) is 0 Å². The molecule has 2 aromatic rings. The van der Waals surface area contributed by atoms with E-state index in [1.165, 1.54) is 18.2 Å². The Labute approximate surface area is 175 Å². The molecule has 8 heteroatoms. The van der Waals surface area contributed by atoms with Gasteiger partial charge in [0.2, 0.25) is 0 Å². The lowest BCUT2D eigenvalue weighted by Crippen LogP contribution is -2.37. The van der Waals surface area contributed by atoms with E-state index < -0.39 is 15.7 Å². The fraction of sp³-hybridized carbons (Fsp3) is 0.350. The molecule has 0 saturated carbocycles. The zero-order valence-electron chi connectivity index (χ0n) is 15.5. The van der Waals surface area contributed by atoms with Crippen molar-refractivity contribution in [2.45, 2.75) is 23.8 Å². The molecule has 1 atom stereocenters. The van der Waals surface area contributed by atoms with Gasteiger partial charge >= 0.3 is 0 Å². The lowest BCUT2D eigenvalue weighted by atomic mass is 10.1. The van der Waals surface area contributed by atoms with Crippen LogP contribution in [0.5, 0.6) is 0 Å².